The second-order valence-electron chi connectivity index (χ2n) is 6.58. The van der Waals surface area contributed by atoms with Crippen LogP contribution in [0.4, 0.5) is 0 Å². The molecule has 0 radical (unpaired) electrons. The van der Waals surface area contributed by atoms with Crippen molar-refractivity contribution in [1.29, 1.82) is 0 Å². The fourth-order valence-electron chi connectivity index (χ4n) is 2.92. The zero-order chi connectivity index (χ0) is 13.3. The largest absolute Gasteiger partial charge is 0.0691 e. The fraction of sp³-hybridized carbons (Fsp3) is 1.00. The molecule has 0 rings (SSSR count). The summed E-state index contributed by atoms with van der Waals surface area (Å²) in [5, 5.41) is 0. The maximum Gasteiger partial charge on any atom is 0.0507 e. The Labute approximate surface area is 112 Å². The van der Waals surface area contributed by atoms with Crippen LogP contribution in [0.3, 0.4) is 0 Å². The Morgan fingerprint density at radius 1 is 0.824 bits per heavy atom. The van der Waals surface area contributed by atoms with Gasteiger partial charge in [-0.1, -0.05) is 91.4 Å². The van der Waals surface area contributed by atoms with Crippen LogP contribution in [0.2, 0.25) is 24.7 Å². The standard InChI is InChI=1S/C16H36Si/c1-7-10-12-17(6,13-11-8-2)14-16(5)15(4)9-3/h15-16H,7-14H2,1-6H3. The van der Waals surface area contributed by atoms with Crippen molar-refractivity contribution in [3.8, 4) is 0 Å². The molecule has 0 aliphatic carbocycles. The predicted molar refractivity (Wildman–Crippen MR) is 84.5 cm³/mol. The number of rotatable bonds is 10. The Bertz CT molecular complexity index is 168. The van der Waals surface area contributed by atoms with Gasteiger partial charge in [-0.25, -0.2) is 0 Å². The molecule has 0 bridgehead atoms. The highest BCUT2D eigenvalue weighted by molar-refractivity contribution is 6.78. The van der Waals surface area contributed by atoms with Gasteiger partial charge in [0.05, 0.1) is 8.07 Å². The first-order valence-corrected chi connectivity index (χ1v) is 11.1. The van der Waals surface area contributed by atoms with E-state index in [1.165, 1.54) is 32.1 Å². The van der Waals surface area contributed by atoms with Crippen molar-refractivity contribution in [2.24, 2.45) is 11.8 Å². The minimum atomic E-state index is -0.933. The molecule has 0 spiro atoms. The van der Waals surface area contributed by atoms with Crippen LogP contribution < -0.4 is 0 Å². The lowest BCUT2D eigenvalue weighted by Crippen LogP contribution is -2.33. The fourth-order valence-corrected chi connectivity index (χ4v) is 7.95. The number of hydrogen-bond donors (Lipinski definition) is 0. The summed E-state index contributed by atoms with van der Waals surface area (Å²) in [4.78, 5) is 0. The van der Waals surface area contributed by atoms with Gasteiger partial charge in [-0.2, -0.15) is 0 Å². The molecule has 1 heteroatoms. The van der Waals surface area contributed by atoms with Crippen LogP contribution in [0.1, 0.15) is 66.7 Å². The van der Waals surface area contributed by atoms with Gasteiger partial charge >= 0.3 is 0 Å². The zero-order valence-corrected chi connectivity index (χ0v) is 14.3. The van der Waals surface area contributed by atoms with E-state index in [1.807, 2.05) is 0 Å². The molecule has 2 atom stereocenters. The highest BCUT2D eigenvalue weighted by atomic mass is 28.3. The molecule has 0 aromatic rings. The molecule has 0 aromatic carbocycles. The molecule has 17 heavy (non-hydrogen) atoms. The number of hydrogen-bond acceptors (Lipinski definition) is 0. The van der Waals surface area contributed by atoms with Gasteiger partial charge in [0.2, 0.25) is 0 Å². The molecule has 0 heterocycles. The van der Waals surface area contributed by atoms with Gasteiger partial charge in [-0.05, 0) is 11.8 Å². The first-order chi connectivity index (χ1) is 7.99. The van der Waals surface area contributed by atoms with Crippen LogP contribution >= 0.6 is 0 Å². The second-order valence-corrected chi connectivity index (χ2v) is 11.6. The van der Waals surface area contributed by atoms with E-state index in [4.69, 9.17) is 0 Å². The van der Waals surface area contributed by atoms with Crippen LogP contribution in [-0.2, 0) is 0 Å². The quantitative estimate of drug-likeness (QED) is 0.400. The minimum Gasteiger partial charge on any atom is -0.0691 e. The first-order valence-electron chi connectivity index (χ1n) is 7.99. The van der Waals surface area contributed by atoms with Crippen LogP contribution in [0, 0.1) is 11.8 Å². The number of unbranched alkanes of at least 4 members (excludes halogenated alkanes) is 2. The maximum absolute atomic E-state index is 2.68. The highest BCUT2D eigenvalue weighted by Crippen LogP contribution is 2.32. The summed E-state index contributed by atoms with van der Waals surface area (Å²) >= 11 is 0. The van der Waals surface area contributed by atoms with E-state index in [0.29, 0.717) is 0 Å². The van der Waals surface area contributed by atoms with Crippen LogP contribution in [0.25, 0.3) is 0 Å². The van der Waals surface area contributed by atoms with Crippen molar-refractivity contribution >= 4 is 8.07 Å². The van der Waals surface area contributed by atoms with E-state index >= 15 is 0 Å². The molecule has 0 saturated heterocycles. The zero-order valence-electron chi connectivity index (χ0n) is 13.3. The molecular weight excluding hydrogens is 220 g/mol. The summed E-state index contributed by atoms with van der Waals surface area (Å²) in [6, 6.07) is 4.72. The summed E-state index contributed by atoms with van der Waals surface area (Å²) in [6.07, 6.45) is 7.06. The van der Waals surface area contributed by atoms with Gasteiger partial charge in [-0.3, -0.25) is 0 Å². The van der Waals surface area contributed by atoms with Crippen molar-refractivity contribution in [1.82, 2.24) is 0 Å². The third kappa shape index (κ3) is 7.28. The Morgan fingerprint density at radius 3 is 1.65 bits per heavy atom. The molecule has 2 unspecified atom stereocenters. The first kappa shape index (κ1) is 17.2. The van der Waals surface area contributed by atoms with Gasteiger partial charge in [0, 0.05) is 0 Å². The Balaban J connectivity index is 4.34. The van der Waals surface area contributed by atoms with Crippen molar-refractivity contribution in [2.45, 2.75) is 91.4 Å². The average Bonchev–Trinajstić information content (AvgIpc) is 2.33. The molecule has 0 N–H and O–H groups in total. The predicted octanol–water partition coefficient (Wildman–Crippen LogP) is 6.35. The monoisotopic (exact) mass is 256 g/mol. The lowest BCUT2D eigenvalue weighted by atomic mass is 9.95. The topological polar surface area (TPSA) is 0 Å². The highest BCUT2D eigenvalue weighted by Gasteiger charge is 2.29. The molecule has 0 aliphatic rings. The third-order valence-corrected chi connectivity index (χ3v) is 9.45. The Kier molecular flexibility index (Phi) is 9.30. The average molecular weight is 257 g/mol. The summed E-state index contributed by atoms with van der Waals surface area (Å²) in [5.41, 5.74) is 0. The van der Waals surface area contributed by atoms with Crippen molar-refractivity contribution in [2.75, 3.05) is 0 Å². The summed E-state index contributed by atoms with van der Waals surface area (Å²) in [5.74, 6) is 1.87. The molecule has 104 valence electrons. The molecule has 0 saturated carbocycles. The van der Waals surface area contributed by atoms with E-state index in [9.17, 15) is 0 Å². The van der Waals surface area contributed by atoms with Gasteiger partial charge < -0.3 is 0 Å². The van der Waals surface area contributed by atoms with E-state index in [2.05, 4.69) is 41.2 Å². The lowest BCUT2D eigenvalue weighted by Gasteiger charge is -2.32. The van der Waals surface area contributed by atoms with Gasteiger partial charge in [0.15, 0.2) is 0 Å². The SMILES string of the molecule is CCCC[Si](C)(CCCC)CC(C)C(C)CC. The third-order valence-electron chi connectivity index (χ3n) is 4.70. The molecule has 0 aliphatic heterocycles. The summed E-state index contributed by atoms with van der Waals surface area (Å²) < 4.78 is 0. The molecule has 0 nitrogen and oxygen atoms in total. The van der Waals surface area contributed by atoms with Gasteiger partial charge in [0.25, 0.3) is 0 Å². The van der Waals surface area contributed by atoms with Crippen LogP contribution in [0.5, 0.6) is 0 Å². The van der Waals surface area contributed by atoms with Crippen molar-refractivity contribution in [3.05, 3.63) is 0 Å². The molecular formula is C16H36Si. The van der Waals surface area contributed by atoms with Gasteiger partial charge in [0.1, 0.15) is 0 Å². The molecule has 0 aromatic heterocycles. The normalized spacial score (nSPS) is 15.9. The second kappa shape index (κ2) is 9.19. The van der Waals surface area contributed by atoms with Crippen molar-refractivity contribution < 1.29 is 0 Å². The summed E-state index contributed by atoms with van der Waals surface area (Å²) in [6.45, 7) is 14.6. The van der Waals surface area contributed by atoms with Crippen molar-refractivity contribution in [3.63, 3.8) is 0 Å². The van der Waals surface area contributed by atoms with E-state index in [-0.39, 0.29) is 0 Å². The van der Waals surface area contributed by atoms with Crippen LogP contribution in [0.15, 0.2) is 0 Å². The van der Waals surface area contributed by atoms with Gasteiger partial charge in [-0.15, -0.1) is 0 Å². The smallest absolute Gasteiger partial charge is 0.0507 e. The van der Waals surface area contributed by atoms with E-state index < -0.39 is 8.07 Å². The Morgan fingerprint density at radius 2 is 1.29 bits per heavy atom. The summed E-state index contributed by atoms with van der Waals surface area (Å²) in [7, 11) is -0.933. The van der Waals surface area contributed by atoms with E-state index in [0.717, 1.165) is 11.8 Å². The van der Waals surface area contributed by atoms with E-state index in [1.54, 1.807) is 18.1 Å². The molecule has 0 fully saturated rings. The minimum absolute atomic E-state index is 0.921. The Hall–Kier alpha value is 0.217. The molecule has 0 amide bonds. The van der Waals surface area contributed by atoms with Crippen LogP contribution in [-0.4, -0.2) is 8.07 Å². The maximum atomic E-state index is 2.68. The lowest BCUT2D eigenvalue weighted by molar-refractivity contribution is 0.402.